The van der Waals surface area contributed by atoms with Crippen LogP contribution in [0.2, 0.25) is 0 Å². The molecule has 0 unspecified atom stereocenters. The molecule has 24 heavy (non-hydrogen) atoms. The van der Waals surface area contributed by atoms with Crippen LogP contribution >= 0.6 is 22.7 Å². The first-order chi connectivity index (χ1) is 11.5. The summed E-state index contributed by atoms with van der Waals surface area (Å²) in [6.07, 6.45) is -0.242. The Bertz CT molecular complexity index is 856. The summed E-state index contributed by atoms with van der Waals surface area (Å²) in [6.45, 7) is 3.84. The van der Waals surface area contributed by atoms with Crippen LogP contribution in [0.4, 0.5) is 10.3 Å². The molecule has 3 aromatic heterocycles. The fourth-order valence-corrected chi connectivity index (χ4v) is 3.69. The summed E-state index contributed by atoms with van der Waals surface area (Å²) in [7, 11) is 0. The minimum absolute atomic E-state index is 0.154. The van der Waals surface area contributed by atoms with Crippen LogP contribution < -0.4 is 15.7 Å². The summed E-state index contributed by atoms with van der Waals surface area (Å²) in [5, 5.41) is 26.7. The van der Waals surface area contributed by atoms with E-state index in [2.05, 4.69) is 30.8 Å². The molecule has 0 atom stereocenters. The fraction of sp³-hybridized carbons (Fsp3) is 0.308. The molecule has 0 fully saturated rings. The Balaban J connectivity index is 1.62. The molecule has 1 amide bonds. The predicted octanol–water partition coefficient (Wildman–Crippen LogP) is 1.64. The van der Waals surface area contributed by atoms with Crippen LogP contribution in [-0.2, 0) is 11.2 Å². The Labute approximate surface area is 144 Å². The Hall–Kier alpha value is -2.53. The molecule has 2 N–H and O–H groups in total. The van der Waals surface area contributed by atoms with Crippen molar-refractivity contribution in [1.82, 2.24) is 20.2 Å². The topological polar surface area (TPSA) is 129 Å². The first-order valence-electron chi connectivity index (χ1n) is 6.95. The first-order valence-corrected chi connectivity index (χ1v) is 8.65. The highest BCUT2D eigenvalue weighted by Crippen LogP contribution is 2.34. The van der Waals surface area contributed by atoms with Crippen molar-refractivity contribution in [3.63, 3.8) is 0 Å². The highest BCUT2D eigenvalue weighted by molar-refractivity contribution is 7.19. The molecule has 0 aliphatic rings. The lowest BCUT2D eigenvalue weighted by molar-refractivity contribution is -0.301. The summed E-state index contributed by atoms with van der Waals surface area (Å²) in [6, 6.07) is 0. The second-order valence-corrected chi connectivity index (χ2v) is 6.65. The van der Waals surface area contributed by atoms with E-state index < -0.39 is 6.08 Å². The van der Waals surface area contributed by atoms with Crippen molar-refractivity contribution < 1.29 is 14.3 Å². The van der Waals surface area contributed by atoms with Crippen LogP contribution in [0.15, 0.2) is 9.80 Å². The number of anilines is 2. The van der Waals surface area contributed by atoms with Crippen LogP contribution in [0.1, 0.15) is 18.5 Å². The van der Waals surface area contributed by atoms with Crippen molar-refractivity contribution in [3.05, 3.63) is 17.0 Å². The number of aromatic nitrogens is 4. The smallest absolute Gasteiger partial charge is 0.223 e. The van der Waals surface area contributed by atoms with Crippen LogP contribution in [0.3, 0.4) is 0 Å². The first kappa shape index (κ1) is 16.3. The van der Waals surface area contributed by atoms with E-state index in [9.17, 15) is 9.90 Å². The highest BCUT2D eigenvalue weighted by Gasteiger charge is 2.13. The number of hydrogen-bond acceptors (Lipinski definition) is 10. The number of aryl methyl sites for hydroxylation is 1. The summed E-state index contributed by atoms with van der Waals surface area (Å²) in [5.74, 6) is 0.140. The Kier molecular flexibility index (Phi) is 4.71. The molecular formula is C13H13N6O3S2-. The summed E-state index contributed by atoms with van der Waals surface area (Å²) < 4.78 is 4.77. The standard InChI is InChI=1S/C13H14N6O3S2/c1-6-10(24-12(15-6)16-7(2)20)8-5-23-11(17-8)14-4-3-9-18-19-13(21)22-9/h5H,3-4H2,1-2H3,(H,14,17)(H,19,21)(H,15,16,20)/p-1. The van der Waals surface area contributed by atoms with Gasteiger partial charge in [-0.05, 0) is 6.92 Å². The van der Waals surface area contributed by atoms with E-state index in [-0.39, 0.29) is 5.91 Å². The molecule has 11 heteroatoms. The SMILES string of the molecule is CC(=O)Nc1nc(C)c(-c2csc(NCCc3nnc([O-])o3)n2)s1. The van der Waals surface area contributed by atoms with Crippen LogP contribution in [0, 0.1) is 6.92 Å². The Morgan fingerprint density at radius 3 is 2.88 bits per heavy atom. The molecule has 9 nitrogen and oxygen atoms in total. The van der Waals surface area contributed by atoms with E-state index in [1.165, 1.54) is 29.6 Å². The van der Waals surface area contributed by atoms with Gasteiger partial charge in [-0.25, -0.2) is 9.97 Å². The highest BCUT2D eigenvalue weighted by atomic mass is 32.1. The molecule has 0 radical (unpaired) electrons. The number of carbonyl (C=O) groups is 1. The normalized spacial score (nSPS) is 10.8. The number of amides is 1. The third-order valence-corrected chi connectivity index (χ3v) is 4.78. The third-order valence-electron chi connectivity index (χ3n) is 2.88. The monoisotopic (exact) mass is 365 g/mol. The summed E-state index contributed by atoms with van der Waals surface area (Å²) in [5.41, 5.74) is 1.61. The zero-order valence-corrected chi connectivity index (χ0v) is 14.5. The number of nitrogens with zero attached hydrogens (tertiary/aromatic N) is 4. The van der Waals surface area contributed by atoms with Crippen LogP contribution in [-0.4, -0.2) is 32.6 Å². The van der Waals surface area contributed by atoms with E-state index >= 15 is 0 Å². The van der Waals surface area contributed by atoms with Gasteiger partial charge in [0.2, 0.25) is 5.91 Å². The van der Waals surface area contributed by atoms with Gasteiger partial charge >= 0.3 is 0 Å². The zero-order chi connectivity index (χ0) is 17.1. The minimum atomic E-state index is -0.683. The van der Waals surface area contributed by atoms with Crippen LogP contribution in [0.5, 0.6) is 6.08 Å². The lowest BCUT2D eigenvalue weighted by atomic mass is 10.3. The van der Waals surface area contributed by atoms with Gasteiger partial charge in [0, 0.05) is 25.3 Å². The Morgan fingerprint density at radius 2 is 2.17 bits per heavy atom. The van der Waals surface area contributed by atoms with E-state index in [4.69, 9.17) is 4.42 Å². The van der Waals surface area contributed by atoms with Gasteiger partial charge in [0.25, 0.3) is 0 Å². The van der Waals surface area contributed by atoms with E-state index in [0.29, 0.717) is 24.0 Å². The molecule has 0 aliphatic heterocycles. The van der Waals surface area contributed by atoms with E-state index in [0.717, 1.165) is 21.4 Å². The van der Waals surface area contributed by atoms with Gasteiger partial charge in [0.1, 0.15) is 5.89 Å². The number of thiazole rings is 2. The average Bonchev–Trinajstić information content (AvgIpc) is 3.20. The second kappa shape index (κ2) is 6.93. The Morgan fingerprint density at radius 1 is 1.33 bits per heavy atom. The van der Waals surface area contributed by atoms with Crippen molar-refractivity contribution in [2.24, 2.45) is 0 Å². The van der Waals surface area contributed by atoms with Gasteiger partial charge in [-0.3, -0.25) is 4.79 Å². The molecule has 0 saturated carbocycles. The van der Waals surface area contributed by atoms with Gasteiger partial charge in [-0.1, -0.05) is 11.3 Å². The molecule has 0 saturated heterocycles. The predicted molar refractivity (Wildman–Crippen MR) is 88.2 cm³/mol. The van der Waals surface area contributed by atoms with Crippen LogP contribution in [0.25, 0.3) is 10.6 Å². The average molecular weight is 365 g/mol. The number of rotatable bonds is 6. The second-order valence-electron chi connectivity index (χ2n) is 4.79. The van der Waals surface area contributed by atoms with Gasteiger partial charge in [0.15, 0.2) is 16.3 Å². The van der Waals surface area contributed by atoms with Crippen molar-refractivity contribution in [2.75, 3.05) is 17.2 Å². The van der Waals surface area contributed by atoms with Gasteiger partial charge in [-0.2, -0.15) is 0 Å². The van der Waals surface area contributed by atoms with Crippen molar-refractivity contribution in [2.45, 2.75) is 20.3 Å². The van der Waals surface area contributed by atoms with Crippen molar-refractivity contribution in [1.29, 1.82) is 0 Å². The summed E-state index contributed by atoms with van der Waals surface area (Å²) in [4.78, 5) is 20.8. The van der Waals surface area contributed by atoms with Gasteiger partial charge in [0.05, 0.1) is 16.3 Å². The molecule has 0 bridgehead atoms. The molecule has 0 aliphatic carbocycles. The number of nitrogens with one attached hydrogen (secondary N) is 2. The van der Waals surface area contributed by atoms with Crippen molar-refractivity contribution in [3.8, 4) is 16.6 Å². The molecule has 3 rings (SSSR count). The molecular weight excluding hydrogens is 352 g/mol. The molecule has 3 heterocycles. The van der Waals surface area contributed by atoms with E-state index in [1.54, 1.807) is 0 Å². The van der Waals surface area contributed by atoms with Gasteiger partial charge in [-0.15, -0.1) is 21.5 Å². The lowest BCUT2D eigenvalue weighted by Crippen LogP contribution is -2.04. The molecule has 0 aromatic carbocycles. The maximum atomic E-state index is 11.1. The molecule has 3 aromatic rings. The van der Waals surface area contributed by atoms with E-state index in [1.807, 2.05) is 12.3 Å². The minimum Gasteiger partial charge on any atom is -0.551 e. The van der Waals surface area contributed by atoms with Gasteiger partial charge < -0.3 is 20.2 Å². The number of carbonyl (C=O) groups excluding carboxylic acids is 1. The largest absolute Gasteiger partial charge is 0.551 e. The maximum absolute atomic E-state index is 11.1. The lowest BCUT2D eigenvalue weighted by Gasteiger charge is -2.01. The molecule has 126 valence electrons. The third kappa shape index (κ3) is 3.86. The maximum Gasteiger partial charge on any atom is 0.223 e. The van der Waals surface area contributed by atoms with Crippen molar-refractivity contribution >= 4 is 38.8 Å². The zero-order valence-electron chi connectivity index (χ0n) is 12.8. The number of hydrogen-bond donors (Lipinski definition) is 2. The summed E-state index contributed by atoms with van der Waals surface area (Å²) >= 11 is 2.84. The molecule has 0 spiro atoms. The fourth-order valence-electron chi connectivity index (χ4n) is 1.91. The quantitative estimate of drug-likeness (QED) is 0.674.